The predicted molar refractivity (Wildman–Crippen MR) is 84.2 cm³/mol. The standard InChI is InChI=1S/C17H24N2O2/c1-4-12(3)18-17(21)14-10-16(20)19(11-14)15-8-6-13(5-2)7-9-15/h6-9,12,14H,4-5,10-11H2,1-3H3,(H,18,21)/t12-,14-/m1/s1. The number of hydrogen-bond donors (Lipinski definition) is 1. The van der Waals surface area contributed by atoms with Crippen molar-refractivity contribution in [2.45, 2.75) is 46.1 Å². The summed E-state index contributed by atoms with van der Waals surface area (Å²) in [5.41, 5.74) is 2.13. The first kappa shape index (κ1) is 15.5. The number of carbonyl (C=O) groups is 2. The molecule has 0 aliphatic carbocycles. The summed E-state index contributed by atoms with van der Waals surface area (Å²) in [6.45, 7) is 6.60. The number of aryl methyl sites for hydroxylation is 1. The summed E-state index contributed by atoms with van der Waals surface area (Å²) < 4.78 is 0. The van der Waals surface area contributed by atoms with Gasteiger partial charge in [-0.15, -0.1) is 0 Å². The van der Waals surface area contributed by atoms with Crippen LogP contribution in [0.2, 0.25) is 0 Å². The Morgan fingerprint density at radius 2 is 2.00 bits per heavy atom. The molecule has 1 heterocycles. The number of nitrogens with zero attached hydrogens (tertiary/aromatic N) is 1. The molecule has 1 aliphatic rings. The highest BCUT2D eigenvalue weighted by Gasteiger charge is 2.35. The summed E-state index contributed by atoms with van der Waals surface area (Å²) in [5, 5.41) is 2.96. The minimum absolute atomic E-state index is 0.00891. The number of anilines is 1. The summed E-state index contributed by atoms with van der Waals surface area (Å²) in [7, 11) is 0. The van der Waals surface area contributed by atoms with Gasteiger partial charge in [-0.05, 0) is 37.5 Å². The van der Waals surface area contributed by atoms with E-state index in [0.29, 0.717) is 13.0 Å². The van der Waals surface area contributed by atoms with Crippen molar-refractivity contribution in [3.8, 4) is 0 Å². The zero-order chi connectivity index (χ0) is 15.4. The molecule has 0 spiro atoms. The lowest BCUT2D eigenvalue weighted by atomic mass is 10.1. The lowest BCUT2D eigenvalue weighted by Gasteiger charge is -2.18. The van der Waals surface area contributed by atoms with Crippen molar-refractivity contribution in [1.29, 1.82) is 0 Å². The minimum Gasteiger partial charge on any atom is -0.353 e. The quantitative estimate of drug-likeness (QED) is 0.905. The van der Waals surface area contributed by atoms with Crippen LogP contribution in [0.4, 0.5) is 5.69 Å². The third-order valence-electron chi connectivity index (χ3n) is 4.15. The number of amides is 2. The van der Waals surface area contributed by atoms with E-state index in [0.717, 1.165) is 18.5 Å². The maximum atomic E-state index is 12.1. The van der Waals surface area contributed by atoms with Crippen molar-refractivity contribution in [1.82, 2.24) is 5.32 Å². The normalized spacial score (nSPS) is 19.7. The van der Waals surface area contributed by atoms with Crippen LogP contribution in [0, 0.1) is 5.92 Å². The Hall–Kier alpha value is -1.84. The first-order valence-electron chi connectivity index (χ1n) is 7.74. The van der Waals surface area contributed by atoms with Gasteiger partial charge in [0.05, 0.1) is 5.92 Å². The van der Waals surface area contributed by atoms with Gasteiger partial charge in [-0.25, -0.2) is 0 Å². The number of nitrogens with one attached hydrogen (secondary N) is 1. The molecule has 114 valence electrons. The SMILES string of the molecule is CCc1ccc(N2C[C@H](C(=O)N[C@H](C)CC)CC2=O)cc1. The van der Waals surface area contributed by atoms with E-state index in [1.165, 1.54) is 5.56 Å². The Balaban J connectivity index is 2.03. The van der Waals surface area contributed by atoms with Crippen molar-refractivity contribution < 1.29 is 9.59 Å². The summed E-state index contributed by atoms with van der Waals surface area (Å²) in [6.07, 6.45) is 2.18. The highest BCUT2D eigenvalue weighted by Crippen LogP contribution is 2.25. The average molecular weight is 288 g/mol. The molecule has 21 heavy (non-hydrogen) atoms. The van der Waals surface area contributed by atoms with Gasteiger partial charge in [-0.3, -0.25) is 9.59 Å². The van der Waals surface area contributed by atoms with Crippen LogP contribution in [0.15, 0.2) is 24.3 Å². The van der Waals surface area contributed by atoms with Gasteiger partial charge in [0.15, 0.2) is 0 Å². The van der Waals surface area contributed by atoms with Crippen LogP contribution >= 0.6 is 0 Å². The molecule has 1 aromatic rings. The molecule has 1 aromatic carbocycles. The zero-order valence-electron chi connectivity index (χ0n) is 13.1. The number of carbonyl (C=O) groups excluding carboxylic acids is 2. The second kappa shape index (κ2) is 6.74. The van der Waals surface area contributed by atoms with Crippen molar-refractivity contribution in [3.63, 3.8) is 0 Å². The second-order valence-electron chi connectivity index (χ2n) is 5.74. The molecule has 1 aliphatic heterocycles. The van der Waals surface area contributed by atoms with Gasteiger partial charge in [0.1, 0.15) is 0 Å². The van der Waals surface area contributed by atoms with E-state index >= 15 is 0 Å². The minimum atomic E-state index is -0.239. The monoisotopic (exact) mass is 288 g/mol. The summed E-state index contributed by atoms with van der Waals surface area (Å²) >= 11 is 0. The fourth-order valence-corrected chi connectivity index (χ4v) is 2.51. The highest BCUT2D eigenvalue weighted by atomic mass is 16.2. The molecular weight excluding hydrogens is 264 g/mol. The molecule has 1 N–H and O–H groups in total. The van der Waals surface area contributed by atoms with E-state index in [2.05, 4.69) is 12.2 Å². The number of rotatable bonds is 5. The van der Waals surface area contributed by atoms with Crippen molar-refractivity contribution in [2.75, 3.05) is 11.4 Å². The molecule has 0 saturated carbocycles. The number of benzene rings is 1. The van der Waals surface area contributed by atoms with Crippen LogP contribution in [0.25, 0.3) is 0 Å². The third kappa shape index (κ3) is 3.63. The molecule has 2 atom stereocenters. The third-order valence-corrected chi connectivity index (χ3v) is 4.15. The van der Waals surface area contributed by atoms with Crippen LogP contribution < -0.4 is 10.2 Å². The van der Waals surface area contributed by atoms with E-state index in [4.69, 9.17) is 0 Å². The van der Waals surface area contributed by atoms with Crippen LogP contribution in [0.3, 0.4) is 0 Å². The fraction of sp³-hybridized carbons (Fsp3) is 0.529. The molecule has 2 amide bonds. The maximum Gasteiger partial charge on any atom is 0.227 e. The topological polar surface area (TPSA) is 49.4 Å². The lowest BCUT2D eigenvalue weighted by Crippen LogP contribution is -2.38. The molecule has 0 radical (unpaired) electrons. The molecule has 2 rings (SSSR count). The summed E-state index contributed by atoms with van der Waals surface area (Å²) in [5.74, 6) is -0.216. The van der Waals surface area contributed by atoms with Gasteiger partial charge in [0.2, 0.25) is 11.8 Å². The molecule has 4 heteroatoms. The molecule has 0 aromatic heterocycles. The van der Waals surface area contributed by atoms with Gasteiger partial charge < -0.3 is 10.2 Å². The van der Waals surface area contributed by atoms with Crippen molar-refractivity contribution in [2.24, 2.45) is 5.92 Å². The fourth-order valence-electron chi connectivity index (χ4n) is 2.51. The molecular formula is C17H24N2O2. The summed E-state index contributed by atoms with van der Waals surface area (Å²) in [4.78, 5) is 26.0. The van der Waals surface area contributed by atoms with Gasteiger partial charge in [0.25, 0.3) is 0 Å². The first-order valence-corrected chi connectivity index (χ1v) is 7.74. The molecule has 1 fully saturated rings. The van der Waals surface area contributed by atoms with Crippen molar-refractivity contribution >= 4 is 17.5 Å². The highest BCUT2D eigenvalue weighted by molar-refractivity contribution is 6.00. The first-order chi connectivity index (χ1) is 10.0. The molecule has 0 bridgehead atoms. The van der Waals surface area contributed by atoms with Crippen molar-refractivity contribution in [3.05, 3.63) is 29.8 Å². The van der Waals surface area contributed by atoms with Gasteiger partial charge in [-0.1, -0.05) is 26.0 Å². The maximum absolute atomic E-state index is 12.1. The van der Waals surface area contributed by atoms with E-state index in [1.807, 2.05) is 38.1 Å². The van der Waals surface area contributed by atoms with Gasteiger partial charge in [0, 0.05) is 24.7 Å². The average Bonchev–Trinajstić information content (AvgIpc) is 2.89. The molecule has 0 unspecified atom stereocenters. The zero-order valence-corrected chi connectivity index (χ0v) is 13.1. The Labute approximate surface area is 126 Å². The van der Waals surface area contributed by atoms with E-state index < -0.39 is 0 Å². The molecule has 4 nitrogen and oxygen atoms in total. The van der Waals surface area contributed by atoms with E-state index in [1.54, 1.807) is 4.90 Å². The van der Waals surface area contributed by atoms with E-state index in [-0.39, 0.29) is 23.8 Å². The van der Waals surface area contributed by atoms with Crippen LogP contribution in [-0.4, -0.2) is 24.4 Å². The van der Waals surface area contributed by atoms with Crippen LogP contribution in [-0.2, 0) is 16.0 Å². The number of hydrogen-bond acceptors (Lipinski definition) is 2. The Morgan fingerprint density at radius 3 is 2.57 bits per heavy atom. The van der Waals surface area contributed by atoms with Crippen LogP contribution in [0.5, 0.6) is 0 Å². The second-order valence-corrected chi connectivity index (χ2v) is 5.74. The molecule has 1 saturated heterocycles. The summed E-state index contributed by atoms with van der Waals surface area (Å²) in [6, 6.07) is 8.16. The smallest absolute Gasteiger partial charge is 0.227 e. The van der Waals surface area contributed by atoms with Crippen LogP contribution in [0.1, 0.15) is 39.2 Å². The Bertz CT molecular complexity index is 510. The van der Waals surface area contributed by atoms with Gasteiger partial charge >= 0.3 is 0 Å². The predicted octanol–water partition coefficient (Wildman–Crippen LogP) is 2.52. The lowest BCUT2D eigenvalue weighted by molar-refractivity contribution is -0.126. The van der Waals surface area contributed by atoms with Gasteiger partial charge in [-0.2, -0.15) is 0 Å². The van der Waals surface area contributed by atoms with E-state index in [9.17, 15) is 9.59 Å². The largest absolute Gasteiger partial charge is 0.353 e. The Morgan fingerprint density at radius 1 is 1.33 bits per heavy atom. The Kier molecular flexibility index (Phi) is 4.99.